The van der Waals surface area contributed by atoms with Crippen molar-refractivity contribution in [1.82, 2.24) is 15.3 Å². The molecule has 0 aliphatic carbocycles. The van der Waals surface area contributed by atoms with Gasteiger partial charge in [-0.3, -0.25) is 4.79 Å². The van der Waals surface area contributed by atoms with Gasteiger partial charge in [0.15, 0.2) is 11.5 Å². The van der Waals surface area contributed by atoms with Crippen LogP contribution in [0.5, 0.6) is 0 Å². The lowest BCUT2D eigenvalue weighted by atomic mass is 10.1. The number of nitrogens with zero attached hydrogens (tertiary/aromatic N) is 2. The summed E-state index contributed by atoms with van der Waals surface area (Å²) >= 11 is 0. The highest BCUT2D eigenvalue weighted by Gasteiger charge is 2.14. The van der Waals surface area contributed by atoms with E-state index in [1.165, 1.54) is 31.7 Å². The second-order valence-electron chi connectivity index (χ2n) is 4.51. The fourth-order valence-electron chi connectivity index (χ4n) is 1.77. The van der Waals surface area contributed by atoms with E-state index in [9.17, 15) is 4.79 Å². The van der Waals surface area contributed by atoms with E-state index in [0.29, 0.717) is 0 Å². The van der Waals surface area contributed by atoms with Crippen LogP contribution in [0.25, 0.3) is 0 Å². The molecule has 1 aromatic heterocycles. The van der Waals surface area contributed by atoms with E-state index < -0.39 is 0 Å². The van der Waals surface area contributed by atoms with Gasteiger partial charge in [0.2, 0.25) is 0 Å². The van der Waals surface area contributed by atoms with Gasteiger partial charge in [-0.15, -0.1) is 0 Å². The molecule has 0 spiro atoms. The van der Waals surface area contributed by atoms with Gasteiger partial charge in [-0.1, -0.05) is 32.6 Å². The average Bonchev–Trinajstić information content (AvgIpc) is 2.35. The molecule has 0 aliphatic rings. The van der Waals surface area contributed by atoms with Crippen molar-refractivity contribution in [1.29, 1.82) is 0 Å². The molecule has 0 aromatic carbocycles. The van der Waals surface area contributed by atoms with Gasteiger partial charge in [0.25, 0.3) is 5.91 Å². The van der Waals surface area contributed by atoms with E-state index in [2.05, 4.69) is 22.2 Å². The van der Waals surface area contributed by atoms with E-state index in [1.54, 1.807) is 0 Å². The maximum absolute atomic E-state index is 11.9. The van der Waals surface area contributed by atoms with Crippen LogP contribution in [0.3, 0.4) is 0 Å². The zero-order valence-electron chi connectivity index (χ0n) is 11.1. The average molecular weight is 250 g/mol. The van der Waals surface area contributed by atoms with Crippen molar-refractivity contribution < 1.29 is 4.79 Å². The lowest BCUT2D eigenvalue weighted by Gasteiger charge is -2.13. The molecule has 0 bridgehead atoms. The molecule has 3 N–H and O–H groups in total. The Morgan fingerprint density at radius 3 is 2.72 bits per heavy atom. The number of carbonyl (C=O) groups excluding carboxylic acids is 1. The first-order valence-corrected chi connectivity index (χ1v) is 6.52. The molecule has 0 unspecified atom stereocenters. The van der Waals surface area contributed by atoms with Crippen molar-refractivity contribution in [3.05, 3.63) is 18.1 Å². The number of hydrogen-bond acceptors (Lipinski definition) is 4. The molecule has 1 amide bonds. The third-order valence-electron chi connectivity index (χ3n) is 2.81. The lowest BCUT2D eigenvalue weighted by molar-refractivity contribution is 0.0933. The Labute approximate surface area is 108 Å². The van der Waals surface area contributed by atoms with Crippen molar-refractivity contribution >= 4 is 11.7 Å². The first kappa shape index (κ1) is 14.4. The quantitative estimate of drug-likeness (QED) is 0.726. The summed E-state index contributed by atoms with van der Waals surface area (Å²) in [5.41, 5.74) is 5.81. The van der Waals surface area contributed by atoms with Crippen molar-refractivity contribution in [2.24, 2.45) is 0 Å². The van der Waals surface area contributed by atoms with E-state index in [-0.39, 0.29) is 23.5 Å². The molecule has 5 heteroatoms. The predicted octanol–water partition coefficient (Wildman–Crippen LogP) is 2.15. The summed E-state index contributed by atoms with van der Waals surface area (Å²) in [6.45, 7) is 4.18. The summed E-state index contributed by atoms with van der Waals surface area (Å²) in [4.78, 5) is 19.7. The van der Waals surface area contributed by atoms with Crippen LogP contribution < -0.4 is 11.1 Å². The molecule has 100 valence electrons. The summed E-state index contributed by atoms with van der Waals surface area (Å²) < 4.78 is 0. The predicted molar refractivity (Wildman–Crippen MR) is 72.1 cm³/mol. The number of anilines is 1. The number of hydrogen-bond donors (Lipinski definition) is 2. The maximum atomic E-state index is 11.9. The third kappa shape index (κ3) is 4.69. The highest BCUT2D eigenvalue weighted by atomic mass is 16.2. The summed E-state index contributed by atoms with van der Waals surface area (Å²) in [5.74, 6) is -0.0724. The second kappa shape index (κ2) is 7.63. The normalized spacial score (nSPS) is 12.1. The first-order chi connectivity index (χ1) is 8.65. The molecule has 1 heterocycles. The van der Waals surface area contributed by atoms with E-state index >= 15 is 0 Å². The molecule has 1 aromatic rings. The smallest absolute Gasteiger partial charge is 0.273 e. The van der Waals surface area contributed by atoms with Gasteiger partial charge in [0.05, 0.1) is 0 Å². The van der Waals surface area contributed by atoms with Crippen LogP contribution in [0.2, 0.25) is 0 Å². The van der Waals surface area contributed by atoms with Gasteiger partial charge >= 0.3 is 0 Å². The second-order valence-corrected chi connectivity index (χ2v) is 4.51. The Bertz CT molecular complexity index is 381. The number of nitrogens with one attached hydrogen (secondary N) is 1. The summed E-state index contributed by atoms with van der Waals surface area (Å²) in [6.07, 6.45) is 8.73. The third-order valence-corrected chi connectivity index (χ3v) is 2.81. The zero-order valence-corrected chi connectivity index (χ0v) is 11.1. The monoisotopic (exact) mass is 250 g/mol. The van der Waals surface area contributed by atoms with Crippen molar-refractivity contribution in [2.45, 2.75) is 52.0 Å². The van der Waals surface area contributed by atoms with Gasteiger partial charge in [-0.2, -0.15) is 0 Å². The molecule has 0 radical (unpaired) electrons. The Morgan fingerprint density at radius 1 is 1.33 bits per heavy atom. The van der Waals surface area contributed by atoms with Crippen LogP contribution >= 0.6 is 0 Å². The lowest BCUT2D eigenvalue weighted by Crippen LogP contribution is -2.33. The molecule has 18 heavy (non-hydrogen) atoms. The van der Waals surface area contributed by atoms with Crippen LogP contribution in [0, 0.1) is 0 Å². The fraction of sp³-hybridized carbons (Fsp3) is 0.615. The van der Waals surface area contributed by atoms with Crippen LogP contribution in [0.4, 0.5) is 5.82 Å². The minimum atomic E-state index is -0.247. The van der Waals surface area contributed by atoms with Crippen LogP contribution in [0.1, 0.15) is 56.4 Å². The summed E-state index contributed by atoms with van der Waals surface area (Å²) in [6, 6.07) is 0.135. The van der Waals surface area contributed by atoms with Gasteiger partial charge in [-0.05, 0) is 13.3 Å². The Kier molecular flexibility index (Phi) is 6.11. The van der Waals surface area contributed by atoms with Gasteiger partial charge in [0.1, 0.15) is 0 Å². The largest absolute Gasteiger partial charge is 0.382 e. The highest BCUT2D eigenvalue weighted by molar-refractivity contribution is 5.96. The van der Waals surface area contributed by atoms with Crippen molar-refractivity contribution in [2.75, 3.05) is 5.73 Å². The molecule has 0 fully saturated rings. The SMILES string of the molecule is CCCCCC[C@H](C)NC(=O)c1nccnc1N. The number of unbranched alkanes of at least 4 members (excludes halogenated alkanes) is 3. The fourth-order valence-corrected chi connectivity index (χ4v) is 1.77. The molecule has 0 saturated carbocycles. The van der Waals surface area contributed by atoms with E-state index in [0.717, 1.165) is 12.8 Å². The van der Waals surface area contributed by atoms with E-state index in [1.807, 2.05) is 6.92 Å². The Hall–Kier alpha value is -1.65. The standard InChI is InChI=1S/C13H22N4O/c1-3-4-5-6-7-10(2)17-13(18)11-12(14)16-9-8-15-11/h8-10H,3-7H2,1-2H3,(H2,14,16)(H,17,18)/t10-/m0/s1. The summed E-state index contributed by atoms with van der Waals surface area (Å²) in [7, 11) is 0. The Balaban J connectivity index is 2.38. The number of carbonyl (C=O) groups is 1. The molecule has 1 atom stereocenters. The Morgan fingerprint density at radius 2 is 2.06 bits per heavy atom. The first-order valence-electron chi connectivity index (χ1n) is 6.52. The minimum absolute atomic E-state index is 0.135. The number of nitrogen functional groups attached to an aromatic ring is 1. The summed E-state index contributed by atoms with van der Waals surface area (Å²) in [5, 5.41) is 2.89. The number of rotatable bonds is 7. The number of nitrogens with two attached hydrogens (primary N) is 1. The van der Waals surface area contributed by atoms with Gasteiger partial charge < -0.3 is 11.1 Å². The van der Waals surface area contributed by atoms with Gasteiger partial charge in [0, 0.05) is 18.4 Å². The maximum Gasteiger partial charge on any atom is 0.273 e. The molecule has 5 nitrogen and oxygen atoms in total. The van der Waals surface area contributed by atoms with Crippen LogP contribution in [0.15, 0.2) is 12.4 Å². The van der Waals surface area contributed by atoms with Crippen LogP contribution in [-0.4, -0.2) is 21.9 Å². The topological polar surface area (TPSA) is 80.9 Å². The molecular formula is C13H22N4O. The molecular weight excluding hydrogens is 228 g/mol. The van der Waals surface area contributed by atoms with Crippen molar-refractivity contribution in [3.8, 4) is 0 Å². The van der Waals surface area contributed by atoms with Crippen LogP contribution in [-0.2, 0) is 0 Å². The van der Waals surface area contributed by atoms with Crippen molar-refractivity contribution in [3.63, 3.8) is 0 Å². The zero-order chi connectivity index (χ0) is 13.4. The van der Waals surface area contributed by atoms with E-state index in [4.69, 9.17) is 5.73 Å². The highest BCUT2D eigenvalue weighted by Crippen LogP contribution is 2.07. The number of amides is 1. The molecule has 0 saturated heterocycles. The van der Waals surface area contributed by atoms with Gasteiger partial charge in [-0.25, -0.2) is 9.97 Å². The molecule has 1 rings (SSSR count). The minimum Gasteiger partial charge on any atom is -0.382 e. The molecule has 0 aliphatic heterocycles. The number of aromatic nitrogens is 2.